The lowest BCUT2D eigenvalue weighted by atomic mass is 10.2. The molecule has 0 amide bonds. The maximum Gasteiger partial charge on any atom is 0.259 e. The molecule has 0 atom stereocenters. The van der Waals surface area contributed by atoms with E-state index in [4.69, 9.17) is 0 Å². The highest BCUT2D eigenvalue weighted by molar-refractivity contribution is 5.35. The van der Waals surface area contributed by atoms with Crippen LogP contribution in [0.5, 0.6) is 5.88 Å². The monoisotopic (exact) mass is 251 g/mol. The summed E-state index contributed by atoms with van der Waals surface area (Å²) in [6.45, 7) is 3.77. The van der Waals surface area contributed by atoms with Crippen LogP contribution in [0.1, 0.15) is 44.6 Å². The van der Waals surface area contributed by atoms with E-state index in [2.05, 4.69) is 14.9 Å². The first-order valence-corrected chi connectivity index (χ1v) is 6.79. The van der Waals surface area contributed by atoms with E-state index in [0.29, 0.717) is 17.9 Å². The van der Waals surface area contributed by atoms with Gasteiger partial charge in [0.1, 0.15) is 0 Å². The molecule has 0 radical (unpaired) electrons. The molecular weight excluding hydrogens is 230 g/mol. The SMILES string of the molecule is CCCc1c(O)nc(N2CCCCCC2)[nH]c1=O. The number of aromatic amines is 1. The first-order valence-electron chi connectivity index (χ1n) is 6.79. The number of anilines is 1. The van der Waals surface area contributed by atoms with Gasteiger partial charge < -0.3 is 10.0 Å². The molecule has 1 aliphatic rings. The molecule has 0 aromatic carbocycles. The van der Waals surface area contributed by atoms with Gasteiger partial charge in [0, 0.05) is 13.1 Å². The van der Waals surface area contributed by atoms with Crippen molar-refractivity contribution in [1.29, 1.82) is 0 Å². The molecule has 1 saturated heterocycles. The summed E-state index contributed by atoms with van der Waals surface area (Å²) in [6.07, 6.45) is 6.06. The Hall–Kier alpha value is -1.52. The summed E-state index contributed by atoms with van der Waals surface area (Å²) in [5, 5.41) is 9.85. The van der Waals surface area contributed by atoms with E-state index >= 15 is 0 Å². The zero-order chi connectivity index (χ0) is 13.0. The second kappa shape index (κ2) is 5.89. The van der Waals surface area contributed by atoms with Crippen molar-refractivity contribution in [2.75, 3.05) is 18.0 Å². The minimum atomic E-state index is -0.205. The van der Waals surface area contributed by atoms with Gasteiger partial charge in [-0.1, -0.05) is 26.2 Å². The summed E-state index contributed by atoms with van der Waals surface area (Å²) in [4.78, 5) is 20.9. The maximum absolute atomic E-state index is 11.9. The summed E-state index contributed by atoms with van der Waals surface area (Å²) < 4.78 is 0. The van der Waals surface area contributed by atoms with Gasteiger partial charge in [-0.25, -0.2) is 0 Å². The molecule has 0 bridgehead atoms. The molecule has 18 heavy (non-hydrogen) atoms. The van der Waals surface area contributed by atoms with Crippen molar-refractivity contribution in [3.63, 3.8) is 0 Å². The van der Waals surface area contributed by atoms with Crippen LogP contribution in [0.25, 0.3) is 0 Å². The smallest absolute Gasteiger partial charge is 0.259 e. The summed E-state index contributed by atoms with van der Waals surface area (Å²) in [7, 11) is 0. The number of hydrogen-bond donors (Lipinski definition) is 2. The van der Waals surface area contributed by atoms with Crippen LogP contribution in [-0.4, -0.2) is 28.2 Å². The zero-order valence-electron chi connectivity index (χ0n) is 10.9. The highest BCUT2D eigenvalue weighted by Gasteiger charge is 2.15. The Balaban J connectivity index is 2.26. The summed E-state index contributed by atoms with van der Waals surface area (Å²) in [5.74, 6) is 0.402. The molecule has 0 saturated carbocycles. The number of aromatic hydroxyl groups is 1. The molecule has 1 aromatic rings. The largest absolute Gasteiger partial charge is 0.493 e. The molecule has 0 unspecified atom stereocenters. The molecular formula is C13H21N3O2. The third kappa shape index (κ3) is 2.83. The Labute approximate surface area is 107 Å². The van der Waals surface area contributed by atoms with Crippen LogP contribution in [0.4, 0.5) is 5.95 Å². The van der Waals surface area contributed by atoms with Crippen LogP contribution >= 0.6 is 0 Å². The fourth-order valence-corrected chi connectivity index (χ4v) is 2.38. The number of aromatic nitrogens is 2. The highest BCUT2D eigenvalue weighted by Crippen LogP contribution is 2.18. The fourth-order valence-electron chi connectivity index (χ4n) is 2.38. The molecule has 2 rings (SSSR count). The first kappa shape index (κ1) is 12.9. The van der Waals surface area contributed by atoms with Crippen LogP contribution in [0.15, 0.2) is 4.79 Å². The van der Waals surface area contributed by atoms with Crippen molar-refractivity contribution in [2.45, 2.75) is 45.4 Å². The number of nitrogens with zero attached hydrogens (tertiary/aromatic N) is 2. The lowest BCUT2D eigenvalue weighted by Gasteiger charge is -2.20. The number of nitrogens with one attached hydrogen (secondary N) is 1. The van der Waals surface area contributed by atoms with Crippen molar-refractivity contribution in [2.24, 2.45) is 0 Å². The molecule has 0 spiro atoms. The van der Waals surface area contributed by atoms with Crippen molar-refractivity contribution in [3.05, 3.63) is 15.9 Å². The van der Waals surface area contributed by atoms with Crippen LogP contribution in [0.3, 0.4) is 0 Å². The Bertz CT molecular complexity index is 448. The van der Waals surface area contributed by atoms with E-state index in [1.165, 1.54) is 12.8 Å². The van der Waals surface area contributed by atoms with Gasteiger partial charge in [0.15, 0.2) is 0 Å². The Morgan fingerprint density at radius 3 is 2.50 bits per heavy atom. The average Bonchev–Trinajstić information content (AvgIpc) is 2.62. The standard InChI is InChI=1S/C13H21N3O2/c1-2-7-10-11(17)14-13(15-12(10)18)16-8-5-3-4-6-9-16/h2-9H2,1H3,(H2,14,15,17,18). The topological polar surface area (TPSA) is 69.2 Å². The average molecular weight is 251 g/mol. The molecule has 1 fully saturated rings. The normalized spacial score (nSPS) is 16.6. The molecule has 5 heteroatoms. The third-order valence-corrected chi connectivity index (χ3v) is 3.39. The maximum atomic E-state index is 11.9. The van der Waals surface area contributed by atoms with Crippen molar-refractivity contribution in [1.82, 2.24) is 9.97 Å². The Kier molecular flexibility index (Phi) is 4.23. The molecule has 0 aliphatic carbocycles. The lowest BCUT2D eigenvalue weighted by Crippen LogP contribution is -2.29. The number of hydrogen-bond acceptors (Lipinski definition) is 4. The minimum absolute atomic E-state index is 0.111. The molecule has 2 heterocycles. The van der Waals surface area contributed by atoms with Crippen molar-refractivity contribution < 1.29 is 5.11 Å². The van der Waals surface area contributed by atoms with E-state index in [1.54, 1.807) is 0 Å². The molecule has 100 valence electrons. The van der Waals surface area contributed by atoms with Crippen LogP contribution in [0.2, 0.25) is 0 Å². The first-order chi connectivity index (χ1) is 8.72. The van der Waals surface area contributed by atoms with E-state index in [9.17, 15) is 9.90 Å². The second-order valence-electron chi connectivity index (χ2n) is 4.84. The predicted molar refractivity (Wildman–Crippen MR) is 71.2 cm³/mol. The summed E-state index contributed by atoms with van der Waals surface area (Å²) in [5.41, 5.74) is 0.194. The number of rotatable bonds is 3. The fraction of sp³-hybridized carbons (Fsp3) is 0.692. The summed E-state index contributed by atoms with van der Waals surface area (Å²) >= 11 is 0. The van der Waals surface area contributed by atoms with Gasteiger partial charge in [0.2, 0.25) is 11.8 Å². The van der Waals surface area contributed by atoms with Gasteiger partial charge in [0.25, 0.3) is 5.56 Å². The highest BCUT2D eigenvalue weighted by atomic mass is 16.3. The third-order valence-electron chi connectivity index (χ3n) is 3.39. The Morgan fingerprint density at radius 2 is 1.94 bits per heavy atom. The van der Waals surface area contributed by atoms with Gasteiger partial charge in [-0.15, -0.1) is 0 Å². The molecule has 1 aliphatic heterocycles. The minimum Gasteiger partial charge on any atom is -0.493 e. The van der Waals surface area contributed by atoms with Crippen LogP contribution in [0, 0.1) is 0 Å². The molecule has 2 N–H and O–H groups in total. The second-order valence-corrected chi connectivity index (χ2v) is 4.84. The zero-order valence-corrected chi connectivity index (χ0v) is 10.9. The van der Waals surface area contributed by atoms with Gasteiger partial charge in [-0.05, 0) is 19.3 Å². The van der Waals surface area contributed by atoms with E-state index < -0.39 is 0 Å². The number of H-pyrrole nitrogens is 1. The molecule has 1 aromatic heterocycles. The predicted octanol–water partition coefficient (Wildman–Crippen LogP) is 1.81. The quantitative estimate of drug-likeness (QED) is 0.859. The van der Waals surface area contributed by atoms with E-state index in [0.717, 1.165) is 32.4 Å². The van der Waals surface area contributed by atoms with Gasteiger partial charge in [-0.3, -0.25) is 9.78 Å². The summed E-state index contributed by atoms with van der Waals surface area (Å²) in [6, 6.07) is 0. The van der Waals surface area contributed by atoms with Crippen molar-refractivity contribution >= 4 is 5.95 Å². The van der Waals surface area contributed by atoms with Gasteiger partial charge >= 0.3 is 0 Å². The molecule has 5 nitrogen and oxygen atoms in total. The Morgan fingerprint density at radius 1 is 1.28 bits per heavy atom. The lowest BCUT2D eigenvalue weighted by molar-refractivity contribution is 0.441. The van der Waals surface area contributed by atoms with Crippen LogP contribution < -0.4 is 10.5 Å². The van der Waals surface area contributed by atoms with Crippen molar-refractivity contribution in [3.8, 4) is 5.88 Å². The van der Waals surface area contributed by atoms with E-state index in [1.807, 2.05) is 6.92 Å². The van der Waals surface area contributed by atoms with Crippen LogP contribution in [-0.2, 0) is 6.42 Å². The van der Waals surface area contributed by atoms with Gasteiger partial charge in [0.05, 0.1) is 5.56 Å². The van der Waals surface area contributed by atoms with E-state index in [-0.39, 0.29) is 11.4 Å². The van der Waals surface area contributed by atoms with Gasteiger partial charge in [-0.2, -0.15) is 4.98 Å².